The van der Waals surface area contributed by atoms with Gasteiger partial charge in [-0.1, -0.05) is 58.7 Å². The Bertz CT molecular complexity index is 326. The fraction of sp³-hybridized carbons (Fsp3) is 0.600. The Morgan fingerprint density at radius 3 is 2.21 bits per heavy atom. The van der Waals surface area contributed by atoms with Gasteiger partial charge >= 0.3 is 0 Å². The number of alkyl halides is 1. The standard InChI is InChI=1S/C15H25BrO2Si/c1-3-17-15(18-4-2,19-13-9-8-12-16)14-10-6-5-7-11-14/h5-7,10-11H,3-4,8-9,12-13,19H2,1-2H3. The molecule has 19 heavy (non-hydrogen) atoms. The molecule has 0 N–H and O–H groups in total. The van der Waals surface area contributed by atoms with E-state index in [4.69, 9.17) is 9.47 Å². The normalized spacial score (nSPS) is 12.4. The molecule has 0 spiro atoms. The van der Waals surface area contributed by atoms with Gasteiger partial charge in [0.15, 0.2) is 5.41 Å². The summed E-state index contributed by atoms with van der Waals surface area (Å²) in [4.78, 5) is 0. The second-order valence-electron chi connectivity index (χ2n) is 4.48. The molecule has 108 valence electrons. The Labute approximate surface area is 127 Å². The lowest BCUT2D eigenvalue weighted by Crippen LogP contribution is -2.39. The van der Waals surface area contributed by atoms with Crippen molar-refractivity contribution in [1.82, 2.24) is 0 Å². The zero-order valence-electron chi connectivity index (χ0n) is 12.0. The number of rotatable bonds is 10. The highest BCUT2D eigenvalue weighted by Gasteiger charge is 2.32. The maximum absolute atomic E-state index is 6.06. The maximum Gasteiger partial charge on any atom is 0.169 e. The first kappa shape index (κ1) is 16.9. The van der Waals surface area contributed by atoms with E-state index in [1.54, 1.807) is 0 Å². The number of ether oxygens (including phenoxy) is 2. The van der Waals surface area contributed by atoms with E-state index in [2.05, 4.69) is 40.2 Å². The van der Waals surface area contributed by atoms with Crippen molar-refractivity contribution < 1.29 is 9.47 Å². The first-order chi connectivity index (χ1) is 9.29. The topological polar surface area (TPSA) is 18.5 Å². The van der Waals surface area contributed by atoms with Crippen LogP contribution in [0.15, 0.2) is 30.3 Å². The van der Waals surface area contributed by atoms with Crippen LogP contribution in [-0.2, 0) is 14.9 Å². The van der Waals surface area contributed by atoms with E-state index in [0.29, 0.717) is 13.2 Å². The molecule has 0 saturated heterocycles. The lowest BCUT2D eigenvalue weighted by molar-refractivity contribution is -0.183. The van der Waals surface area contributed by atoms with E-state index in [1.807, 2.05) is 19.9 Å². The van der Waals surface area contributed by atoms with Gasteiger partial charge in [0.1, 0.15) is 0 Å². The third-order valence-electron chi connectivity index (χ3n) is 3.11. The summed E-state index contributed by atoms with van der Waals surface area (Å²) in [5.74, 6) is 0. The van der Waals surface area contributed by atoms with Crippen molar-refractivity contribution >= 4 is 25.4 Å². The molecule has 4 heteroatoms. The van der Waals surface area contributed by atoms with E-state index in [1.165, 1.54) is 24.4 Å². The van der Waals surface area contributed by atoms with Gasteiger partial charge in [-0.05, 0) is 20.3 Å². The molecule has 0 aromatic heterocycles. The van der Waals surface area contributed by atoms with Crippen LogP contribution in [0.5, 0.6) is 0 Å². The minimum atomic E-state index is -0.487. The summed E-state index contributed by atoms with van der Waals surface area (Å²) in [6, 6.07) is 11.7. The fourth-order valence-electron chi connectivity index (χ4n) is 2.28. The van der Waals surface area contributed by atoms with Crippen molar-refractivity contribution in [3.63, 3.8) is 0 Å². The first-order valence-electron chi connectivity index (χ1n) is 7.18. The summed E-state index contributed by atoms with van der Waals surface area (Å²) in [7, 11) is -0.487. The molecule has 1 aromatic rings. The van der Waals surface area contributed by atoms with Crippen LogP contribution >= 0.6 is 15.9 Å². The second-order valence-corrected chi connectivity index (χ2v) is 7.42. The number of hydrogen-bond donors (Lipinski definition) is 0. The van der Waals surface area contributed by atoms with Gasteiger partial charge in [-0.15, -0.1) is 0 Å². The lowest BCUT2D eigenvalue weighted by atomic mass is 10.2. The van der Waals surface area contributed by atoms with Crippen LogP contribution < -0.4 is 0 Å². The minimum Gasteiger partial charge on any atom is -0.350 e. The maximum atomic E-state index is 6.06. The van der Waals surface area contributed by atoms with Crippen LogP contribution in [0.2, 0.25) is 6.04 Å². The zero-order chi connectivity index (χ0) is 14.0. The summed E-state index contributed by atoms with van der Waals surface area (Å²) in [5, 5.41) is 1.09. The van der Waals surface area contributed by atoms with Crippen molar-refractivity contribution in [1.29, 1.82) is 0 Å². The van der Waals surface area contributed by atoms with Gasteiger partial charge in [0.05, 0.1) is 9.52 Å². The van der Waals surface area contributed by atoms with Gasteiger partial charge in [-0.2, -0.15) is 0 Å². The highest BCUT2D eigenvalue weighted by molar-refractivity contribution is 9.09. The fourth-order valence-corrected chi connectivity index (χ4v) is 4.97. The average Bonchev–Trinajstić information content (AvgIpc) is 2.45. The van der Waals surface area contributed by atoms with Crippen molar-refractivity contribution in [3.05, 3.63) is 35.9 Å². The Hall–Kier alpha value is -0.163. The van der Waals surface area contributed by atoms with Gasteiger partial charge < -0.3 is 9.47 Å². The molecular weight excluding hydrogens is 320 g/mol. The summed E-state index contributed by atoms with van der Waals surface area (Å²) < 4.78 is 12.1. The van der Waals surface area contributed by atoms with Gasteiger partial charge in [0.25, 0.3) is 0 Å². The van der Waals surface area contributed by atoms with E-state index < -0.39 is 14.9 Å². The SMILES string of the molecule is CCOC(OCC)([SiH2]CCCCBr)c1ccccc1. The molecule has 0 aliphatic carbocycles. The second kappa shape index (κ2) is 9.70. The number of benzene rings is 1. The van der Waals surface area contributed by atoms with Gasteiger partial charge in [-0.3, -0.25) is 0 Å². The Morgan fingerprint density at radius 1 is 1.05 bits per heavy atom. The molecule has 0 atom stereocenters. The number of halogens is 1. The third-order valence-corrected chi connectivity index (χ3v) is 6.00. The number of unbranched alkanes of at least 4 members (excludes halogenated alkanes) is 1. The van der Waals surface area contributed by atoms with Crippen LogP contribution in [0.25, 0.3) is 0 Å². The van der Waals surface area contributed by atoms with Crippen LogP contribution in [0.3, 0.4) is 0 Å². The largest absolute Gasteiger partial charge is 0.350 e. The number of hydrogen-bond acceptors (Lipinski definition) is 2. The summed E-state index contributed by atoms with van der Waals surface area (Å²) >= 11 is 3.49. The monoisotopic (exact) mass is 344 g/mol. The van der Waals surface area contributed by atoms with Gasteiger partial charge in [-0.25, -0.2) is 0 Å². The highest BCUT2D eigenvalue weighted by Crippen LogP contribution is 2.28. The predicted molar refractivity (Wildman–Crippen MR) is 87.8 cm³/mol. The van der Waals surface area contributed by atoms with E-state index in [0.717, 1.165) is 5.33 Å². The van der Waals surface area contributed by atoms with Gasteiger partial charge in [0, 0.05) is 24.1 Å². The molecule has 0 aliphatic rings. The summed E-state index contributed by atoms with van der Waals surface area (Å²) in [6.45, 7) is 5.48. The molecule has 0 aliphatic heterocycles. The smallest absolute Gasteiger partial charge is 0.169 e. The van der Waals surface area contributed by atoms with Crippen molar-refractivity contribution in [2.75, 3.05) is 18.5 Å². The summed E-state index contributed by atoms with van der Waals surface area (Å²) in [6.07, 6.45) is 2.49. The highest BCUT2D eigenvalue weighted by atomic mass is 79.9. The van der Waals surface area contributed by atoms with Crippen LogP contribution in [0, 0.1) is 0 Å². The molecule has 0 unspecified atom stereocenters. The van der Waals surface area contributed by atoms with E-state index in [-0.39, 0.29) is 0 Å². The summed E-state index contributed by atoms with van der Waals surface area (Å²) in [5.41, 5.74) is 0.751. The molecule has 0 amide bonds. The third kappa shape index (κ3) is 5.38. The van der Waals surface area contributed by atoms with Crippen LogP contribution in [0.1, 0.15) is 32.3 Å². The Kier molecular flexibility index (Phi) is 8.62. The molecule has 0 heterocycles. The van der Waals surface area contributed by atoms with E-state index in [9.17, 15) is 0 Å². The van der Waals surface area contributed by atoms with Crippen molar-refractivity contribution in [2.24, 2.45) is 0 Å². The van der Waals surface area contributed by atoms with Gasteiger partial charge in [0.2, 0.25) is 0 Å². The van der Waals surface area contributed by atoms with Crippen LogP contribution in [-0.4, -0.2) is 28.1 Å². The first-order valence-corrected chi connectivity index (χ1v) is 10.0. The Balaban J connectivity index is 2.81. The molecule has 0 radical (unpaired) electrons. The average molecular weight is 345 g/mol. The predicted octanol–water partition coefficient (Wildman–Crippen LogP) is 3.63. The molecule has 1 aromatic carbocycles. The van der Waals surface area contributed by atoms with Crippen molar-refractivity contribution in [3.8, 4) is 0 Å². The van der Waals surface area contributed by atoms with Crippen LogP contribution in [0.4, 0.5) is 0 Å². The molecule has 2 nitrogen and oxygen atoms in total. The van der Waals surface area contributed by atoms with E-state index >= 15 is 0 Å². The molecule has 0 bridgehead atoms. The molecule has 0 saturated carbocycles. The molecule has 1 rings (SSSR count). The molecule has 0 fully saturated rings. The van der Waals surface area contributed by atoms with Crippen molar-refractivity contribution in [2.45, 2.75) is 38.1 Å². The lowest BCUT2D eigenvalue weighted by Gasteiger charge is -2.34. The minimum absolute atomic E-state index is 0.433. The quantitative estimate of drug-likeness (QED) is 0.279. The Morgan fingerprint density at radius 2 is 1.68 bits per heavy atom. The molecular formula is C15H25BrO2Si. The zero-order valence-corrected chi connectivity index (χ0v) is 15.0.